The Morgan fingerprint density at radius 1 is 0.944 bits per heavy atom. The Bertz CT molecular complexity index is 964. The van der Waals surface area contributed by atoms with Gasteiger partial charge in [0.2, 0.25) is 0 Å². The van der Waals surface area contributed by atoms with Crippen molar-refractivity contribution in [3.05, 3.63) is 0 Å². The van der Waals surface area contributed by atoms with Gasteiger partial charge in [-0.05, 0) is 63.2 Å². The van der Waals surface area contributed by atoms with E-state index in [0.29, 0.717) is 31.7 Å². The topological polar surface area (TPSA) is 154 Å². The number of fused-ring (bicyclic) bond motifs is 5. The van der Waals surface area contributed by atoms with Gasteiger partial charge in [0.25, 0.3) is 0 Å². The number of hydrogen-bond acceptors (Lipinski definition) is 9. The fraction of sp³-hybridized carbons (Fsp3) is 1.00. The Hall–Kier alpha value is -0.360. The van der Waals surface area contributed by atoms with Gasteiger partial charge in [-0.3, -0.25) is 4.90 Å². The summed E-state index contributed by atoms with van der Waals surface area (Å²) in [4.78, 5) is 2.30. The summed E-state index contributed by atoms with van der Waals surface area (Å²) in [6.07, 6.45) is -1.92. The molecule has 4 saturated carbocycles. The molecule has 16 atom stereocenters. The monoisotopic (exact) mass is 509 g/mol. The first-order chi connectivity index (χ1) is 16.7. The highest BCUT2D eigenvalue weighted by atomic mass is 16.7. The first kappa shape index (κ1) is 24.7. The van der Waals surface area contributed by atoms with Crippen molar-refractivity contribution in [3.63, 3.8) is 0 Å². The minimum absolute atomic E-state index is 0.130. The Morgan fingerprint density at radius 2 is 1.67 bits per heavy atom. The fourth-order valence-electron chi connectivity index (χ4n) is 11.4. The molecule has 4 aliphatic carbocycles. The number of rotatable bonds is 0. The molecule has 3 saturated heterocycles. The van der Waals surface area contributed by atoms with Crippen molar-refractivity contribution in [1.82, 2.24) is 4.90 Å². The summed E-state index contributed by atoms with van der Waals surface area (Å²) in [6, 6.07) is -0.130. The van der Waals surface area contributed by atoms with E-state index in [1.807, 2.05) is 6.92 Å². The maximum absolute atomic E-state index is 12.5. The van der Waals surface area contributed by atoms with Crippen LogP contribution in [0.5, 0.6) is 0 Å². The van der Waals surface area contributed by atoms with Gasteiger partial charge in [-0.15, -0.1) is 0 Å². The molecule has 7 rings (SSSR count). The van der Waals surface area contributed by atoms with Gasteiger partial charge in [0, 0.05) is 42.3 Å². The number of hydrogen-bond donors (Lipinski definition) is 7. The van der Waals surface area contributed by atoms with Gasteiger partial charge >= 0.3 is 0 Å². The predicted molar refractivity (Wildman–Crippen MR) is 126 cm³/mol. The Labute approximate surface area is 212 Å². The molecule has 3 aliphatic heterocycles. The average Bonchev–Trinajstić information content (AvgIpc) is 3.08. The standard InChI is InChI=1S/C27H43NO8/c1-12-4-5-17-24(3,33)19-13(11-28(17)10-12)14-9-25-21(26(14,34)22(32)20(19)31)15(29)8-16-23(25,2)7-6-18(30)27(16,35)36-25/h12-22,29-35H,4-11H2,1-3H3. The van der Waals surface area contributed by atoms with Gasteiger partial charge in [0.1, 0.15) is 17.8 Å². The van der Waals surface area contributed by atoms with Gasteiger partial charge < -0.3 is 40.5 Å². The van der Waals surface area contributed by atoms with E-state index in [0.717, 1.165) is 19.4 Å². The highest BCUT2D eigenvalue weighted by Gasteiger charge is 2.86. The molecule has 7 N–H and O–H groups in total. The van der Waals surface area contributed by atoms with Gasteiger partial charge in [0.15, 0.2) is 5.79 Å². The van der Waals surface area contributed by atoms with Crippen LogP contribution in [0, 0.1) is 40.9 Å². The second-order valence-electron chi connectivity index (χ2n) is 14.2. The smallest absolute Gasteiger partial charge is 0.196 e. The summed E-state index contributed by atoms with van der Waals surface area (Å²) in [7, 11) is 0. The molecule has 0 radical (unpaired) electrons. The molecule has 4 bridgehead atoms. The minimum Gasteiger partial charge on any atom is -0.393 e. The average molecular weight is 510 g/mol. The lowest BCUT2D eigenvalue weighted by Gasteiger charge is -2.63. The third-order valence-electron chi connectivity index (χ3n) is 12.8. The molecule has 1 spiro atoms. The molecule has 0 aromatic rings. The van der Waals surface area contributed by atoms with Gasteiger partial charge in [-0.2, -0.15) is 0 Å². The highest BCUT2D eigenvalue weighted by molar-refractivity contribution is 5.33. The zero-order valence-electron chi connectivity index (χ0n) is 21.5. The van der Waals surface area contributed by atoms with Crippen molar-refractivity contribution in [2.75, 3.05) is 13.1 Å². The molecular weight excluding hydrogens is 466 g/mol. The lowest BCUT2D eigenvalue weighted by Crippen LogP contribution is -2.76. The quantitative estimate of drug-likeness (QED) is 0.222. The Balaban J connectivity index is 1.37. The van der Waals surface area contributed by atoms with Crippen molar-refractivity contribution in [3.8, 4) is 0 Å². The lowest BCUT2D eigenvalue weighted by atomic mass is 9.49. The molecule has 36 heavy (non-hydrogen) atoms. The third-order valence-corrected chi connectivity index (χ3v) is 12.8. The predicted octanol–water partition coefficient (Wildman–Crippen LogP) is -0.814. The van der Waals surface area contributed by atoms with E-state index in [9.17, 15) is 35.7 Å². The van der Waals surface area contributed by atoms with E-state index in [1.165, 1.54) is 0 Å². The second-order valence-corrected chi connectivity index (χ2v) is 14.2. The van der Waals surface area contributed by atoms with Crippen molar-refractivity contribution in [2.24, 2.45) is 40.9 Å². The van der Waals surface area contributed by atoms with Gasteiger partial charge in [0.05, 0.1) is 23.4 Å². The molecule has 7 aliphatic rings. The van der Waals surface area contributed by atoms with Crippen LogP contribution in [-0.4, -0.2) is 107 Å². The van der Waals surface area contributed by atoms with E-state index in [4.69, 9.17) is 4.74 Å². The number of piperidine rings is 2. The van der Waals surface area contributed by atoms with E-state index in [-0.39, 0.29) is 18.4 Å². The molecule has 16 unspecified atom stereocenters. The van der Waals surface area contributed by atoms with Crippen LogP contribution in [0.25, 0.3) is 0 Å². The van der Waals surface area contributed by atoms with Crippen LogP contribution >= 0.6 is 0 Å². The van der Waals surface area contributed by atoms with Crippen LogP contribution in [0.15, 0.2) is 0 Å². The summed E-state index contributed by atoms with van der Waals surface area (Å²) in [5.41, 5.74) is -4.88. The van der Waals surface area contributed by atoms with Gasteiger partial charge in [-0.25, -0.2) is 0 Å². The molecular formula is C27H43NO8. The Kier molecular flexibility index (Phi) is 4.82. The maximum Gasteiger partial charge on any atom is 0.196 e. The first-order valence-corrected chi connectivity index (χ1v) is 14.1. The molecule has 0 aromatic carbocycles. The van der Waals surface area contributed by atoms with Crippen LogP contribution in [0.4, 0.5) is 0 Å². The lowest BCUT2D eigenvalue weighted by molar-refractivity contribution is -0.295. The zero-order valence-corrected chi connectivity index (χ0v) is 21.5. The molecule has 9 nitrogen and oxygen atoms in total. The largest absolute Gasteiger partial charge is 0.393 e. The third kappa shape index (κ3) is 2.46. The van der Waals surface area contributed by atoms with Crippen molar-refractivity contribution in [2.45, 2.75) is 112 Å². The van der Waals surface area contributed by atoms with Crippen molar-refractivity contribution < 1.29 is 40.5 Å². The Morgan fingerprint density at radius 3 is 2.39 bits per heavy atom. The second kappa shape index (κ2) is 7.04. The fourth-order valence-corrected chi connectivity index (χ4v) is 11.4. The molecule has 3 heterocycles. The van der Waals surface area contributed by atoms with Crippen molar-refractivity contribution in [1.29, 1.82) is 0 Å². The molecule has 0 aromatic heterocycles. The number of ether oxygens (including phenoxy) is 1. The van der Waals surface area contributed by atoms with E-state index >= 15 is 0 Å². The molecule has 9 heteroatoms. The highest BCUT2D eigenvalue weighted by Crippen LogP contribution is 2.76. The van der Waals surface area contributed by atoms with Crippen LogP contribution in [0.1, 0.15) is 59.3 Å². The maximum atomic E-state index is 12.5. The van der Waals surface area contributed by atoms with Crippen LogP contribution in [0.3, 0.4) is 0 Å². The summed E-state index contributed by atoms with van der Waals surface area (Å²) in [6.45, 7) is 7.40. The normalized spacial score (nSPS) is 68.0. The summed E-state index contributed by atoms with van der Waals surface area (Å²) in [5.74, 6) is -4.29. The molecule has 7 fully saturated rings. The van der Waals surface area contributed by atoms with Gasteiger partial charge in [-0.1, -0.05) is 13.8 Å². The van der Waals surface area contributed by atoms with Crippen LogP contribution in [0.2, 0.25) is 0 Å². The van der Waals surface area contributed by atoms with Crippen LogP contribution < -0.4 is 0 Å². The number of aliphatic hydroxyl groups is 7. The minimum atomic E-state index is -1.85. The van der Waals surface area contributed by atoms with Crippen molar-refractivity contribution >= 4 is 0 Å². The van der Waals surface area contributed by atoms with E-state index < -0.39 is 76.1 Å². The zero-order chi connectivity index (χ0) is 25.8. The molecule has 0 amide bonds. The van der Waals surface area contributed by atoms with Crippen LogP contribution in [-0.2, 0) is 4.74 Å². The van der Waals surface area contributed by atoms with E-state index in [1.54, 1.807) is 6.92 Å². The summed E-state index contributed by atoms with van der Waals surface area (Å²) >= 11 is 0. The SMILES string of the molecule is CC1CCC2N(C1)CC1C(C(O)C(O)C3(O)C1CC14OC5(O)C(O)CCC1(C)C5CC(O)C34)C2(C)O. The first-order valence-electron chi connectivity index (χ1n) is 14.1. The summed E-state index contributed by atoms with van der Waals surface area (Å²) < 4.78 is 6.51. The number of aliphatic hydroxyl groups excluding tert-OH is 4. The molecule has 204 valence electrons. The van der Waals surface area contributed by atoms with E-state index in [2.05, 4.69) is 11.8 Å². The number of nitrogens with zero attached hydrogens (tertiary/aromatic N) is 1. The summed E-state index contributed by atoms with van der Waals surface area (Å²) in [5, 5.41) is 81.4.